The molecule has 1 heterocycles. The van der Waals surface area contributed by atoms with E-state index in [2.05, 4.69) is 97.2 Å². The van der Waals surface area contributed by atoms with Crippen LogP contribution in [0.4, 0.5) is 0 Å². The summed E-state index contributed by atoms with van der Waals surface area (Å²) in [5, 5.41) is 0. The molecule has 4 aliphatic rings. The van der Waals surface area contributed by atoms with Crippen molar-refractivity contribution in [2.75, 3.05) is 0 Å². The minimum absolute atomic E-state index is 0.397. The lowest BCUT2D eigenvalue weighted by Gasteiger charge is -2.18. The third-order valence-corrected chi connectivity index (χ3v) is 6.73. The average Bonchev–Trinajstić information content (AvgIpc) is 3.48. The minimum atomic E-state index is 0.397. The Bertz CT molecular complexity index is 801. The zero-order valence-corrected chi connectivity index (χ0v) is 14.8. The molecule has 1 aromatic rings. The summed E-state index contributed by atoms with van der Waals surface area (Å²) in [7, 11) is 0. The molecule has 0 radical (unpaired) electrons. The molecule has 0 aromatic carbocycles. The van der Waals surface area contributed by atoms with Crippen molar-refractivity contribution in [1.29, 1.82) is 0 Å². The van der Waals surface area contributed by atoms with Crippen LogP contribution in [0.25, 0.3) is 0 Å². The Morgan fingerprint density at radius 2 is 0.680 bits per heavy atom. The number of rotatable bonds is 4. The minimum Gasteiger partial charge on any atom is -0.143 e. The first kappa shape index (κ1) is 14.9. The van der Waals surface area contributed by atoms with Crippen LogP contribution < -0.4 is 0 Å². The largest absolute Gasteiger partial charge is 0.143 e. The topological polar surface area (TPSA) is 0 Å². The Morgan fingerprint density at radius 3 is 1.00 bits per heavy atom. The molecule has 0 unspecified atom stereocenters. The van der Waals surface area contributed by atoms with Crippen molar-refractivity contribution in [3.63, 3.8) is 0 Å². The van der Waals surface area contributed by atoms with E-state index in [0.717, 1.165) is 0 Å². The average molecular weight is 340 g/mol. The first-order valence-electron chi connectivity index (χ1n) is 8.98. The van der Waals surface area contributed by atoms with Crippen LogP contribution in [0, 0.1) is 0 Å². The molecule has 122 valence electrons. The van der Waals surface area contributed by atoms with Crippen molar-refractivity contribution in [2.45, 2.75) is 23.7 Å². The van der Waals surface area contributed by atoms with Crippen LogP contribution in [-0.2, 0) is 0 Å². The molecular formula is C24H20S. The molecule has 0 N–H and O–H groups in total. The predicted molar refractivity (Wildman–Crippen MR) is 108 cm³/mol. The second-order valence-electron chi connectivity index (χ2n) is 6.84. The predicted octanol–water partition coefficient (Wildman–Crippen LogP) is 6.59. The SMILES string of the molecule is C1=CC(c2sc(C3C=CC=C3)c(C3C=CC=C3)c2C2C=CC=C2)C=C1. The summed E-state index contributed by atoms with van der Waals surface area (Å²) in [5.41, 5.74) is 3.06. The Morgan fingerprint density at radius 1 is 0.400 bits per heavy atom. The van der Waals surface area contributed by atoms with Gasteiger partial charge in [-0.15, -0.1) is 11.3 Å². The number of hydrogen-bond acceptors (Lipinski definition) is 1. The van der Waals surface area contributed by atoms with E-state index in [9.17, 15) is 0 Å². The molecule has 1 aromatic heterocycles. The summed E-state index contributed by atoms with van der Waals surface area (Å²) in [6.07, 6.45) is 36.1. The summed E-state index contributed by atoms with van der Waals surface area (Å²) in [6.45, 7) is 0. The molecule has 5 rings (SSSR count). The Labute approximate surface area is 153 Å². The molecule has 0 fully saturated rings. The molecule has 0 amide bonds. The highest BCUT2D eigenvalue weighted by Crippen LogP contribution is 2.49. The van der Waals surface area contributed by atoms with Crippen molar-refractivity contribution >= 4 is 11.3 Å². The van der Waals surface area contributed by atoms with Crippen LogP contribution in [0.2, 0.25) is 0 Å². The summed E-state index contributed by atoms with van der Waals surface area (Å²) >= 11 is 2.01. The molecular weight excluding hydrogens is 320 g/mol. The lowest BCUT2D eigenvalue weighted by atomic mass is 9.84. The van der Waals surface area contributed by atoms with E-state index in [-0.39, 0.29) is 0 Å². The summed E-state index contributed by atoms with van der Waals surface area (Å²) in [5.74, 6) is 1.63. The van der Waals surface area contributed by atoms with Gasteiger partial charge in [0.15, 0.2) is 0 Å². The van der Waals surface area contributed by atoms with Crippen LogP contribution in [0.5, 0.6) is 0 Å². The van der Waals surface area contributed by atoms with E-state index in [1.807, 2.05) is 11.3 Å². The molecule has 0 saturated heterocycles. The van der Waals surface area contributed by atoms with E-state index in [1.165, 1.54) is 20.9 Å². The van der Waals surface area contributed by atoms with Gasteiger partial charge in [0.25, 0.3) is 0 Å². The highest BCUT2D eigenvalue weighted by Gasteiger charge is 2.31. The van der Waals surface area contributed by atoms with E-state index >= 15 is 0 Å². The van der Waals surface area contributed by atoms with Gasteiger partial charge in [-0.05, 0) is 11.1 Å². The fourth-order valence-electron chi connectivity index (χ4n) is 4.14. The summed E-state index contributed by atoms with van der Waals surface area (Å²) < 4.78 is 0. The number of allylic oxidation sites excluding steroid dienone is 16. The Kier molecular flexibility index (Phi) is 3.68. The van der Waals surface area contributed by atoms with Crippen LogP contribution >= 0.6 is 11.3 Å². The van der Waals surface area contributed by atoms with Gasteiger partial charge >= 0.3 is 0 Å². The lowest BCUT2D eigenvalue weighted by Crippen LogP contribution is -2.04. The van der Waals surface area contributed by atoms with Crippen molar-refractivity contribution < 1.29 is 0 Å². The molecule has 0 bridgehead atoms. The second-order valence-corrected chi connectivity index (χ2v) is 7.92. The van der Waals surface area contributed by atoms with Gasteiger partial charge in [-0.1, -0.05) is 97.2 Å². The normalized spacial score (nSPS) is 22.1. The smallest absolute Gasteiger partial charge is 0.0302 e. The molecule has 0 spiro atoms. The van der Waals surface area contributed by atoms with Gasteiger partial charge in [0.2, 0.25) is 0 Å². The van der Waals surface area contributed by atoms with Crippen LogP contribution in [0.3, 0.4) is 0 Å². The molecule has 4 aliphatic carbocycles. The fraction of sp³-hybridized carbons (Fsp3) is 0.167. The molecule has 1 heteroatoms. The maximum Gasteiger partial charge on any atom is 0.0302 e. The quantitative estimate of drug-likeness (QED) is 0.580. The number of hydrogen-bond donors (Lipinski definition) is 0. The zero-order chi connectivity index (χ0) is 16.6. The zero-order valence-electron chi connectivity index (χ0n) is 14.0. The highest BCUT2D eigenvalue weighted by molar-refractivity contribution is 7.12. The first-order valence-corrected chi connectivity index (χ1v) is 9.80. The maximum absolute atomic E-state index is 2.34. The summed E-state index contributed by atoms with van der Waals surface area (Å²) in [6, 6.07) is 0. The van der Waals surface area contributed by atoms with Gasteiger partial charge in [-0.25, -0.2) is 0 Å². The van der Waals surface area contributed by atoms with Gasteiger partial charge < -0.3 is 0 Å². The van der Waals surface area contributed by atoms with E-state index in [1.54, 1.807) is 0 Å². The van der Waals surface area contributed by atoms with Crippen molar-refractivity contribution in [2.24, 2.45) is 0 Å². The van der Waals surface area contributed by atoms with Gasteiger partial charge in [0.05, 0.1) is 0 Å². The van der Waals surface area contributed by atoms with Crippen LogP contribution in [-0.4, -0.2) is 0 Å². The van der Waals surface area contributed by atoms with Gasteiger partial charge in [-0.3, -0.25) is 0 Å². The third kappa shape index (κ3) is 2.51. The van der Waals surface area contributed by atoms with Crippen molar-refractivity contribution in [1.82, 2.24) is 0 Å². The molecule has 25 heavy (non-hydrogen) atoms. The Hall–Kier alpha value is -2.38. The maximum atomic E-state index is 2.34. The van der Waals surface area contributed by atoms with Gasteiger partial charge in [0.1, 0.15) is 0 Å². The fourth-order valence-corrected chi connectivity index (χ4v) is 5.67. The van der Waals surface area contributed by atoms with E-state index < -0.39 is 0 Å². The third-order valence-electron chi connectivity index (χ3n) is 5.31. The van der Waals surface area contributed by atoms with E-state index in [0.29, 0.717) is 23.7 Å². The second kappa shape index (κ2) is 6.16. The molecule has 0 nitrogen and oxygen atoms in total. The van der Waals surface area contributed by atoms with Crippen molar-refractivity contribution in [3.05, 3.63) is 118 Å². The van der Waals surface area contributed by atoms with Crippen LogP contribution in [0.1, 0.15) is 44.6 Å². The van der Waals surface area contributed by atoms with E-state index in [4.69, 9.17) is 0 Å². The molecule has 0 saturated carbocycles. The first-order chi connectivity index (χ1) is 12.4. The molecule has 0 aliphatic heterocycles. The number of thiophene rings is 1. The van der Waals surface area contributed by atoms with Crippen molar-refractivity contribution in [3.8, 4) is 0 Å². The highest BCUT2D eigenvalue weighted by atomic mass is 32.1. The van der Waals surface area contributed by atoms with Gasteiger partial charge in [-0.2, -0.15) is 0 Å². The standard InChI is InChI=1S/C24H20S/c1-2-10-17(9-1)21-22(18-11-3-4-12-18)24(20-15-7-8-16-20)25-23(21)19-13-5-6-14-19/h1-20H. The summed E-state index contributed by atoms with van der Waals surface area (Å²) in [4.78, 5) is 3.03. The lowest BCUT2D eigenvalue weighted by molar-refractivity contribution is 0.951. The van der Waals surface area contributed by atoms with Gasteiger partial charge in [0, 0.05) is 33.4 Å². The van der Waals surface area contributed by atoms with Crippen LogP contribution in [0.15, 0.2) is 97.2 Å². The Balaban J connectivity index is 1.74. The monoisotopic (exact) mass is 340 g/mol. The molecule has 0 atom stereocenters.